The lowest BCUT2D eigenvalue weighted by molar-refractivity contribution is -0.143. The second-order valence-electron chi connectivity index (χ2n) is 9.45. The van der Waals surface area contributed by atoms with E-state index in [1.807, 2.05) is 13.8 Å². The molecule has 0 bridgehead atoms. The molecule has 0 atom stereocenters. The molecule has 0 aliphatic rings. The number of hydrogen-bond donors (Lipinski definition) is 0. The molecule has 0 aliphatic carbocycles. The number of esters is 2. The van der Waals surface area contributed by atoms with Crippen LogP contribution in [0.5, 0.6) is 0 Å². The van der Waals surface area contributed by atoms with Crippen molar-refractivity contribution in [3.63, 3.8) is 0 Å². The first-order valence-corrected chi connectivity index (χ1v) is 12.9. The minimum absolute atomic E-state index is 0.0765. The van der Waals surface area contributed by atoms with Crippen molar-refractivity contribution < 1.29 is 19.1 Å². The highest BCUT2D eigenvalue weighted by molar-refractivity contribution is 6.00. The van der Waals surface area contributed by atoms with E-state index in [1.54, 1.807) is 0 Å². The summed E-state index contributed by atoms with van der Waals surface area (Å²) in [6, 6.07) is 0. The summed E-state index contributed by atoms with van der Waals surface area (Å²) in [7, 11) is 0. The van der Waals surface area contributed by atoms with Gasteiger partial charge in [0.15, 0.2) is 0 Å². The van der Waals surface area contributed by atoms with E-state index in [1.165, 1.54) is 51.4 Å². The maximum atomic E-state index is 12.9. The van der Waals surface area contributed by atoms with Gasteiger partial charge in [0.2, 0.25) is 0 Å². The molecule has 0 aliphatic heterocycles. The Hall–Kier alpha value is -1.32. The molecule has 0 aromatic carbocycles. The van der Waals surface area contributed by atoms with Crippen LogP contribution in [0.1, 0.15) is 125 Å². The lowest BCUT2D eigenvalue weighted by Gasteiger charge is -2.18. The predicted molar refractivity (Wildman–Crippen MR) is 130 cm³/mol. The van der Waals surface area contributed by atoms with Crippen molar-refractivity contribution in [2.24, 2.45) is 11.8 Å². The molecule has 0 N–H and O–H groups in total. The van der Waals surface area contributed by atoms with Crippen LogP contribution in [0.2, 0.25) is 0 Å². The Morgan fingerprint density at radius 3 is 1.45 bits per heavy atom. The summed E-state index contributed by atoms with van der Waals surface area (Å²) in [6.45, 7) is 13.3. The van der Waals surface area contributed by atoms with Gasteiger partial charge in [0.1, 0.15) is 0 Å². The Kier molecular flexibility index (Phi) is 18.5. The Morgan fingerprint density at radius 1 is 0.613 bits per heavy atom. The van der Waals surface area contributed by atoms with Gasteiger partial charge in [0.25, 0.3) is 0 Å². The van der Waals surface area contributed by atoms with Crippen LogP contribution in [0.3, 0.4) is 0 Å². The Labute approximate surface area is 192 Å². The monoisotopic (exact) mass is 438 g/mol. The molecule has 182 valence electrons. The molecule has 0 heterocycles. The molecule has 0 amide bonds. The van der Waals surface area contributed by atoms with E-state index in [-0.39, 0.29) is 23.8 Å². The lowest BCUT2D eigenvalue weighted by Crippen LogP contribution is -2.21. The number of hydrogen-bond acceptors (Lipinski definition) is 4. The summed E-state index contributed by atoms with van der Waals surface area (Å²) in [4.78, 5) is 25.7. The van der Waals surface area contributed by atoms with E-state index in [4.69, 9.17) is 9.47 Å². The van der Waals surface area contributed by atoms with Gasteiger partial charge in [0, 0.05) is 5.57 Å². The minimum atomic E-state index is -0.351. The third-order valence-electron chi connectivity index (χ3n) is 5.44. The van der Waals surface area contributed by atoms with Crippen molar-refractivity contribution in [1.29, 1.82) is 0 Å². The molecule has 31 heavy (non-hydrogen) atoms. The van der Waals surface area contributed by atoms with E-state index in [0.29, 0.717) is 30.8 Å². The molecule has 4 heteroatoms. The smallest absolute Gasteiger partial charge is 0.334 e. The quantitative estimate of drug-likeness (QED) is 0.117. The third kappa shape index (κ3) is 15.2. The third-order valence-corrected chi connectivity index (χ3v) is 5.44. The fraction of sp³-hybridized carbons (Fsp3) is 0.852. The van der Waals surface area contributed by atoms with Gasteiger partial charge in [-0.15, -0.1) is 0 Å². The second-order valence-corrected chi connectivity index (χ2v) is 9.45. The van der Waals surface area contributed by atoms with Crippen molar-refractivity contribution in [3.05, 3.63) is 11.1 Å². The molecule has 0 unspecified atom stereocenters. The van der Waals surface area contributed by atoms with Gasteiger partial charge in [-0.25, -0.2) is 9.59 Å². The van der Waals surface area contributed by atoms with E-state index in [0.717, 1.165) is 25.7 Å². The molecule has 0 aromatic heterocycles. The van der Waals surface area contributed by atoms with E-state index in [2.05, 4.69) is 27.7 Å². The summed E-state index contributed by atoms with van der Waals surface area (Å²) >= 11 is 0. The molecule has 0 aromatic rings. The van der Waals surface area contributed by atoms with Crippen molar-refractivity contribution in [2.45, 2.75) is 125 Å². The van der Waals surface area contributed by atoms with E-state index in [9.17, 15) is 9.59 Å². The van der Waals surface area contributed by atoms with Gasteiger partial charge >= 0.3 is 11.9 Å². The fourth-order valence-electron chi connectivity index (χ4n) is 3.68. The zero-order valence-corrected chi connectivity index (χ0v) is 21.4. The molecule has 0 rings (SSSR count). The average Bonchev–Trinajstić information content (AvgIpc) is 2.71. The van der Waals surface area contributed by atoms with Crippen LogP contribution in [-0.2, 0) is 19.1 Å². The summed E-state index contributed by atoms with van der Waals surface area (Å²) < 4.78 is 11.1. The normalized spacial score (nSPS) is 12.3. The highest BCUT2D eigenvalue weighted by Gasteiger charge is 2.26. The Balaban J connectivity index is 4.84. The summed E-state index contributed by atoms with van der Waals surface area (Å²) in [6.07, 6.45) is 14.3. The minimum Gasteiger partial charge on any atom is -0.462 e. The molecule has 4 nitrogen and oxygen atoms in total. The summed E-state index contributed by atoms with van der Waals surface area (Å²) in [5.41, 5.74) is 0.997. The molecular formula is C27H50O4. The van der Waals surface area contributed by atoms with Gasteiger partial charge in [-0.2, -0.15) is 0 Å². The molecule has 0 radical (unpaired) electrons. The van der Waals surface area contributed by atoms with Crippen molar-refractivity contribution in [3.8, 4) is 0 Å². The van der Waals surface area contributed by atoms with Crippen LogP contribution >= 0.6 is 0 Å². The fourth-order valence-corrected chi connectivity index (χ4v) is 3.68. The van der Waals surface area contributed by atoms with Gasteiger partial charge < -0.3 is 9.47 Å². The number of carbonyl (C=O) groups is 2. The largest absolute Gasteiger partial charge is 0.462 e. The van der Waals surface area contributed by atoms with Crippen LogP contribution in [0, 0.1) is 11.8 Å². The zero-order valence-electron chi connectivity index (χ0n) is 21.4. The topological polar surface area (TPSA) is 52.6 Å². The molecule has 0 fully saturated rings. The summed E-state index contributed by atoms with van der Waals surface area (Å²) in [5.74, 6) is -0.512. The second kappa shape index (κ2) is 19.4. The van der Waals surface area contributed by atoms with Crippen molar-refractivity contribution >= 4 is 11.9 Å². The van der Waals surface area contributed by atoms with Crippen LogP contribution in [0.4, 0.5) is 0 Å². The zero-order chi connectivity index (χ0) is 23.5. The van der Waals surface area contributed by atoms with E-state index >= 15 is 0 Å². The van der Waals surface area contributed by atoms with Gasteiger partial charge in [0.05, 0.1) is 18.8 Å². The standard InChI is InChI=1S/C27H50O4/c1-7-9-11-13-15-17-19-30-26(28)24(21-22(3)4)25(23(5)6)27(29)31-20-18-16-14-12-10-8-2/h22-23H,7-21H2,1-6H3. The van der Waals surface area contributed by atoms with Crippen LogP contribution in [-0.4, -0.2) is 25.2 Å². The maximum absolute atomic E-state index is 12.9. The first-order valence-electron chi connectivity index (χ1n) is 12.9. The molecular weight excluding hydrogens is 388 g/mol. The SMILES string of the molecule is CCCCCCCCOC(=O)C(CC(C)C)=C(C(=O)OCCCCCCCC)C(C)C. The van der Waals surface area contributed by atoms with Crippen LogP contribution < -0.4 is 0 Å². The first-order chi connectivity index (χ1) is 14.8. The number of rotatable bonds is 19. The summed E-state index contributed by atoms with van der Waals surface area (Å²) in [5, 5.41) is 0. The lowest BCUT2D eigenvalue weighted by atomic mass is 9.91. The highest BCUT2D eigenvalue weighted by atomic mass is 16.5. The maximum Gasteiger partial charge on any atom is 0.334 e. The van der Waals surface area contributed by atoms with Gasteiger partial charge in [-0.3, -0.25) is 0 Å². The van der Waals surface area contributed by atoms with Gasteiger partial charge in [-0.1, -0.05) is 106 Å². The van der Waals surface area contributed by atoms with Crippen molar-refractivity contribution in [1.82, 2.24) is 0 Å². The highest BCUT2D eigenvalue weighted by Crippen LogP contribution is 2.24. The number of unbranched alkanes of at least 4 members (excludes halogenated alkanes) is 10. The van der Waals surface area contributed by atoms with Crippen LogP contribution in [0.15, 0.2) is 11.1 Å². The Bertz CT molecular complexity index is 505. The number of ether oxygens (including phenoxy) is 2. The van der Waals surface area contributed by atoms with E-state index < -0.39 is 0 Å². The molecule has 0 saturated heterocycles. The Morgan fingerprint density at radius 2 is 1.03 bits per heavy atom. The first kappa shape index (κ1) is 29.7. The van der Waals surface area contributed by atoms with Crippen LogP contribution in [0.25, 0.3) is 0 Å². The molecule has 0 saturated carbocycles. The number of carbonyl (C=O) groups excluding carboxylic acids is 2. The predicted octanol–water partition coefficient (Wildman–Crippen LogP) is 7.79. The van der Waals surface area contributed by atoms with Crippen molar-refractivity contribution in [2.75, 3.05) is 13.2 Å². The van der Waals surface area contributed by atoms with Gasteiger partial charge in [-0.05, 0) is 31.1 Å². The molecule has 0 spiro atoms. The average molecular weight is 439 g/mol.